The topological polar surface area (TPSA) is 53.0 Å². The molecule has 5 heterocycles. The molecule has 2 aliphatic heterocycles. The van der Waals surface area contributed by atoms with Crippen molar-refractivity contribution in [3.05, 3.63) is 54.2 Å². The standard InChI is InChI=1S/C27H31N4O2/c1-18-13-20(6-9-28-18)26-23-14-21-16-29-31(25-5-3-4-10-33-25)24(21)15-22(23)17-30(2)27(26)19-7-11-32-12-8-19/h6,9,13-17,19,25H,3-5,7-8,10-12H2,1-2H3/q+1. The molecule has 0 saturated carbocycles. The minimum Gasteiger partial charge on any atom is -0.381 e. The number of pyridine rings is 2. The third-order valence-corrected chi connectivity index (χ3v) is 7.23. The van der Waals surface area contributed by atoms with Gasteiger partial charge in [-0.25, -0.2) is 9.25 Å². The molecule has 0 amide bonds. The first-order chi connectivity index (χ1) is 16.2. The highest BCUT2D eigenvalue weighted by molar-refractivity contribution is 6.04. The SMILES string of the molecule is Cc1cc(-c2c(C3CCOCC3)[n+](C)cc3cc4c(cnn4C4CCCCO4)cc23)ccn1. The molecule has 1 unspecified atom stereocenters. The van der Waals surface area contributed by atoms with E-state index in [9.17, 15) is 0 Å². The van der Waals surface area contributed by atoms with Crippen LogP contribution in [0.3, 0.4) is 0 Å². The van der Waals surface area contributed by atoms with Crippen LogP contribution in [0.4, 0.5) is 0 Å². The van der Waals surface area contributed by atoms with E-state index >= 15 is 0 Å². The molecule has 0 radical (unpaired) electrons. The Morgan fingerprint density at radius 2 is 1.91 bits per heavy atom. The number of hydrogen-bond donors (Lipinski definition) is 0. The lowest BCUT2D eigenvalue weighted by atomic mass is 9.87. The molecule has 1 atom stereocenters. The zero-order valence-corrected chi connectivity index (χ0v) is 19.5. The Labute approximate surface area is 194 Å². The zero-order valence-electron chi connectivity index (χ0n) is 19.5. The summed E-state index contributed by atoms with van der Waals surface area (Å²) in [6.45, 7) is 4.53. The fraction of sp³-hybridized carbons (Fsp3) is 0.444. The van der Waals surface area contributed by atoms with Crippen molar-refractivity contribution >= 4 is 21.7 Å². The van der Waals surface area contributed by atoms with Crippen LogP contribution in [-0.2, 0) is 16.5 Å². The second-order valence-electron chi connectivity index (χ2n) is 9.48. The smallest absolute Gasteiger partial charge is 0.192 e. The maximum absolute atomic E-state index is 6.05. The van der Waals surface area contributed by atoms with E-state index in [0.29, 0.717) is 5.92 Å². The Bertz CT molecular complexity index is 1320. The van der Waals surface area contributed by atoms with Crippen LogP contribution in [0.25, 0.3) is 32.8 Å². The first-order valence-electron chi connectivity index (χ1n) is 12.1. The first-order valence-corrected chi connectivity index (χ1v) is 12.1. The third-order valence-electron chi connectivity index (χ3n) is 7.23. The second kappa shape index (κ2) is 8.50. The largest absolute Gasteiger partial charge is 0.381 e. The molecule has 4 aromatic rings. The molecular formula is C27H31N4O2+. The van der Waals surface area contributed by atoms with Crippen molar-refractivity contribution in [3.8, 4) is 11.1 Å². The highest BCUT2D eigenvalue weighted by Gasteiger charge is 2.30. The average molecular weight is 444 g/mol. The molecular weight excluding hydrogens is 412 g/mol. The van der Waals surface area contributed by atoms with E-state index in [-0.39, 0.29) is 6.23 Å². The van der Waals surface area contributed by atoms with Crippen molar-refractivity contribution in [2.24, 2.45) is 7.05 Å². The number of ether oxygens (including phenoxy) is 2. The molecule has 2 aliphatic rings. The lowest BCUT2D eigenvalue weighted by molar-refractivity contribution is -0.678. The van der Waals surface area contributed by atoms with Crippen LogP contribution >= 0.6 is 0 Å². The predicted octanol–water partition coefficient (Wildman–Crippen LogP) is 4.98. The van der Waals surface area contributed by atoms with E-state index in [1.54, 1.807) is 0 Å². The van der Waals surface area contributed by atoms with Gasteiger partial charge in [0.05, 0.1) is 17.3 Å². The van der Waals surface area contributed by atoms with E-state index in [1.165, 1.54) is 34.0 Å². The van der Waals surface area contributed by atoms with E-state index in [4.69, 9.17) is 14.6 Å². The van der Waals surface area contributed by atoms with Crippen LogP contribution in [0.2, 0.25) is 0 Å². The van der Waals surface area contributed by atoms with Crippen molar-refractivity contribution in [1.29, 1.82) is 0 Å². The molecule has 3 aromatic heterocycles. The van der Waals surface area contributed by atoms with Gasteiger partial charge in [-0.1, -0.05) is 0 Å². The summed E-state index contributed by atoms with van der Waals surface area (Å²) in [5.41, 5.74) is 6.11. The van der Waals surface area contributed by atoms with Crippen molar-refractivity contribution in [2.45, 2.75) is 51.2 Å². The van der Waals surface area contributed by atoms with Gasteiger partial charge in [-0.05, 0) is 68.9 Å². The van der Waals surface area contributed by atoms with Crippen LogP contribution in [0, 0.1) is 6.92 Å². The van der Waals surface area contributed by atoms with Crippen molar-refractivity contribution < 1.29 is 14.0 Å². The third kappa shape index (κ3) is 3.71. The molecule has 2 fully saturated rings. The number of rotatable bonds is 3. The molecule has 2 saturated heterocycles. The molecule has 0 bridgehead atoms. The number of benzene rings is 1. The number of aromatic nitrogens is 4. The molecule has 1 aromatic carbocycles. The minimum atomic E-state index is 0.0336. The molecule has 6 nitrogen and oxygen atoms in total. The number of fused-ring (bicyclic) bond motifs is 2. The Morgan fingerprint density at radius 3 is 2.70 bits per heavy atom. The quantitative estimate of drug-likeness (QED) is 0.419. The summed E-state index contributed by atoms with van der Waals surface area (Å²) in [5, 5.41) is 8.41. The molecule has 0 aliphatic carbocycles. The van der Waals surface area contributed by atoms with Gasteiger partial charge in [0.1, 0.15) is 7.05 Å². The number of nitrogens with zero attached hydrogens (tertiary/aromatic N) is 4. The molecule has 6 heteroatoms. The Kier molecular flexibility index (Phi) is 5.35. The summed E-state index contributed by atoms with van der Waals surface area (Å²) >= 11 is 0. The molecule has 33 heavy (non-hydrogen) atoms. The maximum Gasteiger partial charge on any atom is 0.192 e. The van der Waals surface area contributed by atoms with Gasteiger partial charge in [-0.15, -0.1) is 0 Å². The van der Waals surface area contributed by atoms with Gasteiger partial charge >= 0.3 is 0 Å². The van der Waals surface area contributed by atoms with E-state index in [1.807, 2.05) is 12.4 Å². The summed E-state index contributed by atoms with van der Waals surface area (Å²) in [5.74, 6) is 0.477. The lowest BCUT2D eigenvalue weighted by Crippen LogP contribution is -2.37. The van der Waals surface area contributed by atoms with Crippen LogP contribution in [0.5, 0.6) is 0 Å². The van der Waals surface area contributed by atoms with Gasteiger partial charge in [-0.3, -0.25) is 4.98 Å². The van der Waals surface area contributed by atoms with Crippen molar-refractivity contribution in [3.63, 3.8) is 0 Å². The van der Waals surface area contributed by atoms with E-state index in [0.717, 1.165) is 62.1 Å². The van der Waals surface area contributed by atoms with Gasteiger partial charge in [0, 0.05) is 53.8 Å². The van der Waals surface area contributed by atoms with Gasteiger partial charge in [0.25, 0.3) is 0 Å². The summed E-state index contributed by atoms with van der Waals surface area (Å²) in [6, 6.07) is 8.97. The average Bonchev–Trinajstić information content (AvgIpc) is 3.26. The van der Waals surface area contributed by atoms with Crippen molar-refractivity contribution in [2.75, 3.05) is 19.8 Å². The molecule has 0 N–H and O–H groups in total. The second-order valence-corrected chi connectivity index (χ2v) is 9.48. The van der Waals surface area contributed by atoms with Gasteiger partial charge in [-0.2, -0.15) is 5.10 Å². The first kappa shape index (κ1) is 20.8. The van der Waals surface area contributed by atoms with Gasteiger partial charge in [0.2, 0.25) is 0 Å². The van der Waals surface area contributed by atoms with Crippen LogP contribution < -0.4 is 4.57 Å². The summed E-state index contributed by atoms with van der Waals surface area (Å²) in [6.07, 6.45) is 11.7. The fourth-order valence-electron chi connectivity index (χ4n) is 5.64. The fourth-order valence-corrected chi connectivity index (χ4v) is 5.64. The maximum atomic E-state index is 6.05. The zero-order chi connectivity index (χ0) is 22.4. The van der Waals surface area contributed by atoms with Crippen molar-refractivity contribution in [1.82, 2.24) is 14.8 Å². The number of aryl methyl sites for hydroxylation is 2. The highest BCUT2D eigenvalue weighted by atomic mass is 16.5. The summed E-state index contributed by atoms with van der Waals surface area (Å²) in [7, 11) is 2.19. The van der Waals surface area contributed by atoms with Crippen LogP contribution in [0.1, 0.15) is 55.6 Å². The van der Waals surface area contributed by atoms with E-state index < -0.39 is 0 Å². The van der Waals surface area contributed by atoms with Gasteiger partial charge in [0.15, 0.2) is 18.1 Å². The Hall–Kier alpha value is -2.83. The summed E-state index contributed by atoms with van der Waals surface area (Å²) in [4.78, 5) is 4.46. The highest BCUT2D eigenvalue weighted by Crippen LogP contribution is 2.39. The minimum absolute atomic E-state index is 0.0336. The van der Waals surface area contributed by atoms with Crippen LogP contribution in [0.15, 0.2) is 42.9 Å². The molecule has 0 spiro atoms. The summed E-state index contributed by atoms with van der Waals surface area (Å²) < 4.78 is 16.2. The molecule has 170 valence electrons. The molecule has 6 rings (SSSR count). The Balaban J connectivity index is 1.60. The number of hydrogen-bond acceptors (Lipinski definition) is 4. The van der Waals surface area contributed by atoms with Gasteiger partial charge < -0.3 is 9.47 Å². The predicted molar refractivity (Wildman–Crippen MR) is 128 cm³/mol. The van der Waals surface area contributed by atoms with E-state index in [2.05, 4.69) is 58.7 Å². The monoisotopic (exact) mass is 443 g/mol. The normalized spacial score (nSPS) is 20.0. The lowest BCUT2D eigenvalue weighted by Gasteiger charge is -2.24. The van der Waals surface area contributed by atoms with Crippen LogP contribution in [-0.4, -0.2) is 34.6 Å². The Morgan fingerprint density at radius 1 is 1.03 bits per heavy atom.